The average molecular weight is 418 g/mol. The van der Waals surface area contributed by atoms with E-state index in [1.165, 1.54) is 31.3 Å². The first kappa shape index (κ1) is 19.7. The van der Waals surface area contributed by atoms with Crippen LogP contribution in [0, 0.1) is 11.6 Å². The van der Waals surface area contributed by atoms with Gasteiger partial charge in [-0.15, -0.1) is 0 Å². The van der Waals surface area contributed by atoms with Crippen molar-refractivity contribution < 1.29 is 31.3 Å². The van der Waals surface area contributed by atoms with Crippen LogP contribution in [-0.4, -0.2) is 23.1 Å². The third-order valence-electron chi connectivity index (χ3n) is 3.74. The number of alkyl halides is 3. The summed E-state index contributed by atoms with van der Waals surface area (Å²) in [5.41, 5.74) is 0.0218. The van der Waals surface area contributed by atoms with E-state index in [0.717, 1.165) is 17.0 Å². The minimum Gasteiger partial charge on any atom is -0.329 e. The van der Waals surface area contributed by atoms with Crippen molar-refractivity contribution in [2.45, 2.75) is 6.18 Å². The Morgan fingerprint density at radius 3 is 2.32 bits per heavy atom. The second kappa shape index (κ2) is 7.19. The molecule has 3 aromatic rings. The maximum atomic E-state index is 14.1. The fourth-order valence-corrected chi connectivity index (χ4v) is 2.46. The zero-order chi connectivity index (χ0) is 20.6. The summed E-state index contributed by atoms with van der Waals surface area (Å²) < 4.78 is 69.0. The van der Waals surface area contributed by atoms with E-state index in [0.29, 0.717) is 0 Å². The number of nitrogens with zero attached hydrogens (tertiary/aromatic N) is 3. The molecule has 0 fully saturated rings. The molecule has 0 saturated carbocycles. The highest BCUT2D eigenvalue weighted by molar-refractivity contribution is 6.31. The van der Waals surface area contributed by atoms with Crippen LogP contribution >= 0.6 is 11.6 Å². The summed E-state index contributed by atoms with van der Waals surface area (Å²) in [6.45, 7) is 0. The highest BCUT2D eigenvalue weighted by Gasteiger charge is 2.38. The number of carbonyl (C=O) groups is 1. The minimum absolute atomic E-state index is 0.0886. The molecule has 0 spiro atoms. The molecule has 0 atom stereocenters. The highest BCUT2D eigenvalue weighted by Crippen LogP contribution is 2.30. The number of hydrogen-bond donors (Lipinski definition) is 0. The van der Waals surface area contributed by atoms with Gasteiger partial charge in [-0.2, -0.15) is 18.2 Å². The molecule has 0 N–H and O–H groups in total. The van der Waals surface area contributed by atoms with Crippen LogP contribution < -0.4 is 4.90 Å². The maximum Gasteiger partial charge on any atom is 0.471 e. The molecule has 28 heavy (non-hydrogen) atoms. The Morgan fingerprint density at radius 1 is 1.11 bits per heavy atom. The summed E-state index contributed by atoms with van der Waals surface area (Å²) in [7, 11) is 1.26. The number of aromatic nitrogens is 2. The monoisotopic (exact) mass is 417 g/mol. The Labute approximate surface area is 159 Å². The first-order valence-corrected chi connectivity index (χ1v) is 7.90. The second-order valence-corrected chi connectivity index (χ2v) is 5.93. The predicted molar refractivity (Wildman–Crippen MR) is 88.8 cm³/mol. The van der Waals surface area contributed by atoms with Gasteiger partial charge in [0, 0.05) is 18.2 Å². The van der Waals surface area contributed by atoms with E-state index in [4.69, 9.17) is 11.6 Å². The van der Waals surface area contributed by atoms with E-state index < -0.39 is 34.6 Å². The van der Waals surface area contributed by atoms with E-state index in [9.17, 15) is 26.7 Å². The highest BCUT2D eigenvalue weighted by atomic mass is 35.5. The lowest BCUT2D eigenvalue weighted by Gasteiger charge is -2.18. The first-order valence-electron chi connectivity index (χ1n) is 7.52. The van der Waals surface area contributed by atoms with E-state index >= 15 is 0 Å². The van der Waals surface area contributed by atoms with Crippen LogP contribution in [-0.2, 0) is 6.18 Å². The molecule has 1 amide bonds. The van der Waals surface area contributed by atoms with Gasteiger partial charge in [0.2, 0.25) is 5.82 Å². The lowest BCUT2D eigenvalue weighted by Crippen LogP contribution is -2.27. The number of anilines is 1. The second-order valence-electron chi connectivity index (χ2n) is 5.56. The molecule has 0 aliphatic carbocycles. The smallest absolute Gasteiger partial charge is 0.329 e. The molecule has 11 heteroatoms. The lowest BCUT2D eigenvalue weighted by atomic mass is 10.1. The minimum atomic E-state index is -4.77. The summed E-state index contributed by atoms with van der Waals surface area (Å²) >= 11 is 5.51. The number of hydrogen-bond acceptors (Lipinski definition) is 4. The molecule has 0 aliphatic heterocycles. The van der Waals surface area contributed by atoms with E-state index in [1.54, 1.807) is 0 Å². The van der Waals surface area contributed by atoms with Gasteiger partial charge >= 0.3 is 12.1 Å². The zero-order valence-electron chi connectivity index (χ0n) is 13.9. The van der Waals surface area contributed by atoms with Crippen molar-refractivity contribution in [3.8, 4) is 11.4 Å². The largest absolute Gasteiger partial charge is 0.471 e. The number of rotatable bonds is 3. The van der Waals surface area contributed by atoms with Crippen LogP contribution in [0.15, 0.2) is 40.9 Å². The van der Waals surface area contributed by atoms with Crippen molar-refractivity contribution in [3.05, 3.63) is 64.5 Å². The molecule has 2 aromatic carbocycles. The van der Waals surface area contributed by atoms with Gasteiger partial charge in [0.1, 0.15) is 10.8 Å². The van der Waals surface area contributed by atoms with Gasteiger partial charge < -0.3 is 9.42 Å². The molecule has 0 unspecified atom stereocenters. The molecule has 146 valence electrons. The number of halogens is 6. The van der Waals surface area contributed by atoms with Gasteiger partial charge in [0.25, 0.3) is 5.91 Å². The van der Waals surface area contributed by atoms with Gasteiger partial charge in [-0.1, -0.05) is 28.9 Å². The maximum absolute atomic E-state index is 14.1. The van der Waals surface area contributed by atoms with E-state index in [2.05, 4.69) is 14.7 Å². The fourth-order valence-electron chi connectivity index (χ4n) is 2.30. The topological polar surface area (TPSA) is 59.2 Å². The van der Waals surface area contributed by atoms with Crippen LogP contribution in [0.5, 0.6) is 0 Å². The van der Waals surface area contributed by atoms with Crippen molar-refractivity contribution in [2.75, 3.05) is 11.9 Å². The van der Waals surface area contributed by atoms with Gasteiger partial charge in [-0.25, -0.2) is 8.78 Å². The molecule has 5 nitrogen and oxygen atoms in total. The molecule has 0 saturated heterocycles. The van der Waals surface area contributed by atoms with E-state index in [-0.39, 0.29) is 22.6 Å². The summed E-state index contributed by atoms with van der Waals surface area (Å²) in [5.74, 6) is -4.52. The Hall–Kier alpha value is -3.01. The summed E-state index contributed by atoms with van der Waals surface area (Å²) in [4.78, 5) is 16.7. The molecular weight excluding hydrogens is 409 g/mol. The Balaban J connectivity index is 1.84. The molecule has 1 aromatic heterocycles. The summed E-state index contributed by atoms with van der Waals surface area (Å²) in [5, 5.41) is 2.49. The van der Waals surface area contributed by atoms with Crippen LogP contribution in [0.4, 0.5) is 27.6 Å². The van der Waals surface area contributed by atoms with E-state index in [1.807, 2.05) is 0 Å². The van der Waals surface area contributed by atoms with Gasteiger partial charge in [-0.3, -0.25) is 4.79 Å². The molecule has 3 rings (SSSR count). The number of benzene rings is 2. The summed E-state index contributed by atoms with van der Waals surface area (Å²) in [6.07, 6.45) is -4.77. The Bertz CT molecular complexity index is 1030. The average Bonchev–Trinajstić information content (AvgIpc) is 3.16. The van der Waals surface area contributed by atoms with Crippen molar-refractivity contribution in [2.24, 2.45) is 0 Å². The molecular formula is C17H9ClF5N3O2. The molecule has 0 radical (unpaired) electrons. The normalized spacial score (nSPS) is 11.5. The predicted octanol–water partition coefficient (Wildman–Crippen LogP) is 4.96. The van der Waals surface area contributed by atoms with Crippen molar-refractivity contribution in [3.63, 3.8) is 0 Å². The van der Waals surface area contributed by atoms with Crippen molar-refractivity contribution >= 4 is 23.2 Å². The third-order valence-corrected chi connectivity index (χ3v) is 4.09. The standard InChI is InChI=1S/C17H9ClF5N3O2/c1-26(11-7-6-10(19)12(18)13(11)20)15(27)9-4-2-8(3-5-9)14-24-16(28-25-14)17(21,22)23/h2-7H,1H3. The quantitative estimate of drug-likeness (QED) is 0.446. The molecule has 1 heterocycles. The van der Waals surface area contributed by atoms with Crippen molar-refractivity contribution in [1.29, 1.82) is 0 Å². The van der Waals surface area contributed by atoms with Gasteiger partial charge in [0.15, 0.2) is 5.82 Å². The first-order chi connectivity index (χ1) is 13.1. The lowest BCUT2D eigenvalue weighted by molar-refractivity contribution is -0.159. The number of amides is 1. The Kier molecular flexibility index (Phi) is 5.07. The van der Waals surface area contributed by atoms with Crippen LogP contribution in [0.2, 0.25) is 5.02 Å². The zero-order valence-corrected chi connectivity index (χ0v) is 14.6. The van der Waals surface area contributed by atoms with Gasteiger partial charge in [0.05, 0.1) is 5.69 Å². The van der Waals surface area contributed by atoms with Crippen molar-refractivity contribution in [1.82, 2.24) is 10.1 Å². The van der Waals surface area contributed by atoms with Gasteiger partial charge in [-0.05, 0) is 24.3 Å². The molecule has 0 bridgehead atoms. The van der Waals surface area contributed by atoms with Crippen LogP contribution in [0.25, 0.3) is 11.4 Å². The third kappa shape index (κ3) is 3.68. The Morgan fingerprint density at radius 2 is 1.75 bits per heavy atom. The van der Waals surface area contributed by atoms with Crippen LogP contribution in [0.3, 0.4) is 0 Å². The van der Waals surface area contributed by atoms with Crippen LogP contribution in [0.1, 0.15) is 16.2 Å². The fraction of sp³-hybridized carbons (Fsp3) is 0.118. The molecule has 0 aliphatic rings. The number of carbonyl (C=O) groups excluding carboxylic acids is 1. The summed E-state index contributed by atoms with van der Waals surface area (Å²) in [6, 6.07) is 7.17. The SMILES string of the molecule is CN(C(=O)c1ccc(-c2noc(C(F)(F)F)n2)cc1)c1ccc(F)c(Cl)c1F.